The minimum atomic E-state index is -0.592. The van der Waals surface area contributed by atoms with Crippen LogP contribution in [0.4, 0.5) is 14.5 Å². The van der Waals surface area contributed by atoms with Crippen molar-refractivity contribution in [2.24, 2.45) is 0 Å². The largest absolute Gasteiger partial charge is 0.379 e. The smallest absolute Gasteiger partial charge is 0.128 e. The van der Waals surface area contributed by atoms with Gasteiger partial charge in [-0.2, -0.15) is 5.10 Å². The lowest BCUT2D eigenvalue weighted by Crippen LogP contribution is -2.05. The van der Waals surface area contributed by atoms with Crippen LogP contribution < -0.4 is 5.32 Å². The Morgan fingerprint density at radius 1 is 1.22 bits per heavy atom. The summed E-state index contributed by atoms with van der Waals surface area (Å²) >= 11 is 0. The van der Waals surface area contributed by atoms with Gasteiger partial charge in [0.1, 0.15) is 11.6 Å². The summed E-state index contributed by atoms with van der Waals surface area (Å²) in [5.41, 5.74) is 1.24. The third-order valence-electron chi connectivity index (χ3n) is 2.53. The second-order valence-corrected chi connectivity index (χ2v) is 4.39. The Hall–Kier alpha value is -1.91. The number of rotatable bonds is 4. The lowest BCUT2D eigenvalue weighted by Gasteiger charge is -2.06. The molecule has 0 amide bonds. The molecule has 0 saturated carbocycles. The van der Waals surface area contributed by atoms with Gasteiger partial charge in [-0.15, -0.1) is 0 Å². The summed E-state index contributed by atoms with van der Waals surface area (Å²) in [6, 6.07) is 5.53. The van der Waals surface area contributed by atoms with Crippen LogP contribution in [0.2, 0.25) is 0 Å². The lowest BCUT2D eigenvalue weighted by atomic mass is 10.3. The number of halogens is 2. The van der Waals surface area contributed by atoms with Gasteiger partial charge in [-0.3, -0.25) is 4.68 Å². The van der Waals surface area contributed by atoms with Gasteiger partial charge in [0.05, 0.1) is 12.2 Å². The van der Waals surface area contributed by atoms with E-state index in [-0.39, 0.29) is 0 Å². The van der Waals surface area contributed by atoms with Gasteiger partial charge in [-0.1, -0.05) is 0 Å². The molecule has 2 aromatic rings. The number of anilines is 1. The Bertz CT molecular complexity index is 515. The third kappa shape index (κ3) is 3.06. The quantitative estimate of drug-likeness (QED) is 0.903. The van der Waals surface area contributed by atoms with Crippen LogP contribution in [0.1, 0.15) is 25.6 Å². The molecule has 1 aromatic heterocycles. The van der Waals surface area contributed by atoms with Gasteiger partial charge in [0.15, 0.2) is 0 Å². The van der Waals surface area contributed by atoms with Crippen molar-refractivity contribution in [3.05, 3.63) is 47.8 Å². The molecule has 0 spiro atoms. The van der Waals surface area contributed by atoms with E-state index < -0.39 is 11.6 Å². The van der Waals surface area contributed by atoms with Crippen LogP contribution in [0.15, 0.2) is 30.5 Å². The Morgan fingerprint density at radius 3 is 2.44 bits per heavy atom. The van der Waals surface area contributed by atoms with Crippen LogP contribution in [-0.2, 0) is 6.54 Å². The first-order chi connectivity index (χ1) is 8.54. The minimum absolute atomic E-state index is 0.297. The summed E-state index contributed by atoms with van der Waals surface area (Å²) in [6.45, 7) is 4.50. The molecule has 1 aromatic carbocycles. The highest BCUT2D eigenvalue weighted by Gasteiger charge is 2.03. The molecule has 2 rings (SSSR count). The maximum atomic E-state index is 13.0. The van der Waals surface area contributed by atoms with Gasteiger partial charge in [0.25, 0.3) is 0 Å². The molecule has 5 heteroatoms. The summed E-state index contributed by atoms with van der Waals surface area (Å²) in [5, 5.41) is 7.28. The van der Waals surface area contributed by atoms with E-state index in [1.807, 2.05) is 30.8 Å². The van der Waals surface area contributed by atoms with Gasteiger partial charge in [-0.05, 0) is 32.0 Å². The van der Waals surface area contributed by atoms with Crippen molar-refractivity contribution in [2.45, 2.75) is 26.4 Å². The molecule has 3 nitrogen and oxygen atoms in total. The molecule has 0 atom stereocenters. The highest BCUT2D eigenvalue weighted by Crippen LogP contribution is 2.14. The Balaban J connectivity index is 2.02. The summed E-state index contributed by atoms with van der Waals surface area (Å²) < 4.78 is 27.8. The summed E-state index contributed by atoms with van der Waals surface area (Å²) in [7, 11) is 0. The first-order valence-electron chi connectivity index (χ1n) is 5.78. The molecule has 0 bridgehead atoms. The van der Waals surface area contributed by atoms with E-state index in [1.54, 1.807) is 0 Å². The number of hydrogen-bond acceptors (Lipinski definition) is 2. The fourth-order valence-electron chi connectivity index (χ4n) is 1.61. The summed E-state index contributed by atoms with van der Waals surface area (Å²) in [5.74, 6) is -1.18. The molecule has 18 heavy (non-hydrogen) atoms. The minimum Gasteiger partial charge on any atom is -0.379 e. The zero-order chi connectivity index (χ0) is 13.1. The zero-order valence-corrected chi connectivity index (χ0v) is 10.3. The number of nitrogens with zero attached hydrogens (tertiary/aromatic N) is 2. The maximum absolute atomic E-state index is 13.0. The highest BCUT2D eigenvalue weighted by atomic mass is 19.1. The first-order valence-corrected chi connectivity index (χ1v) is 5.78. The zero-order valence-electron chi connectivity index (χ0n) is 10.3. The number of aromatic nitrogens is 2. The van der Waals surface area contributed by atoms with E-state index >= 15 is 0 Å². The fraction of sp³-hybridized carbons (Fsp3) is 0.308. The van der Waals surface area contributed by atoms with Crippen LogP contribution >= 0.6 is 0 Å². The number of benzene rings is 1. The van der Waals surface area contributed by atoms with Crippen molar-refractivity contribution in [1.82, 2.24) is 9.78 Å². The van der Waals surface area contributed by atoms with Gasteiger partial charge in [0, 0.05) is 24.0 Å². The second kappa shape index (κ2) is 5.16. The topological polar surface area (TPSA) is 29.9 Å². The average molecular weight is 251 g/mol. The molecule has 96 valence electrons. The lowest BCUT2D eigenvalue weighted by molar-refractivity contribution is 0.527. The van der Waals surface area contributed by atoms with Crippen molar-refractivity contribution in [3.8, 4) is 0 Å². The Kier molecular flexibility index (Phi) is 3.60. The molecule has 0 aliphatic carbocycles. The fourth-order valence-corrected chi connectivity index (χ4v) is 1.61. The van der Waals surface area contributed by atoms with Gasteiger partial charge < -0.3 is 5.32 Å². The summed E-state index contributed by atoms with van der Waals surface area (Å²) in [4.78, 5) is 0. The van der Waals surface area contributed by atoms with Crippen LogP contribution in [0, 0.1) is 11.6 Å². The summed E-state index contributed by atoms with van der Waals surface area (Å²) in [6.07, 6.45) is 1.88. The van der Waals surface area contributed by atoms with E-state index in [2.05, 4.69) is 10.4 Å². The van der Waals surface area contributed by atoms with Gasteiger partial charge >= 0.3 is 0 Å². The SMILES string of the molecule is CC(C)n1ccc(CNc2cc(F)cc(F)c2)n1. The van der Waals surface area contributed by atoms with Crippen LogP contribution in [0.25, 0.3) is 0 Å². The second-order valence-electron chi connectivity index (χ2n) is 4.39. The van der Waals surface area contributed by atoms with Crippen molar-refractivity contribution >= 4 is 5.69 Å². The van der Waals surface area contributed by atoms with Crippen LogP contribution in [0.5, 0.6) is 0 Å². The van der Waals surface area contributed by atoms with E-state index in [4.69, 9.17) is 0 Å². The Labute approximate surface area is 104 Å². The van der Waals surface area contributed by atoms with E-state index in [1.165, 1.54) is 12.1 Å². The van der Waals surface area contributed by atoms with Crippen molar-refractivity contribution < 1.29 is 8.78 Å². The van der Waals surface area contributed by atoms with Crippen LogP contribution in [0.3, 0.4) is 0 Å². The van der Waals surface area contributed by atoms with Gasteiger partial charge in [0.2, 0.25) is 0 Å². The molecular weight excluding hydrogens is 236 g/mol. The monoisotopic (exact) mass is 251 g/mol. The normalized spacial score (nSPS) is 10.9. The molecule has 0 saturated heterocycles. The molecule has 1 N–H and O–H groups in total. The number of nitrogens with one attached hydrogen (secondary N) is 1. The van der Waals surface area contributed by atoms with Crippen molar-refractivity contribution in [2.75, 3.05) is 5.32 Å². The average Bonchev–Trinajstić information content (AvgIpc) is 2.73. The van der Waals surface area contributed by atoms with Gasteiger partial charge in [-0.25, -0.2) is 8.78 Å². The van der Waals surface area contributed by atoms with Crippen molar-refractivity contribution in [3.63, 3.8) is 0 Å². The molecular formula is C13H15F2N3. The predicted molar refractivity (Wildman–Crippen MR) is 66.3 cm³/mol. The van der Waals surface area contributed by atoms with Crippen molar-refractivity contribution in [1.29, 1.82) is 0 Å². The Morgan fingerprint density at radius 2 is 1.89 bits per heavy atom. The molecule has 1 heterocycles. The van der Waals surface area contributed by atoms with E-state index in [0.717, 1.165) is 11.8 Å². The van der Waals surface area contributed by atoms with Crippen LogP contribution in [-0.4, -0.2) is 9.78 Å². The first kappa shape index (κ1) is 12.5. The molecule has 0 aliphatic heterocycles. The molecule has 0 radical (unpaired) electrons. The predicted octanol–water partition coefficient (Wildman–Crippen LogP) is 3.35. The van der Waals surface area contributed by atoms with E-state index in [0.29, 0.717) is 18.3 Å². The third-order valence-corrected chi connectivity index (χ3v) is 2.53. The maximum Gasteiger partial charge on any atom is 0.128 e. The molecule has 0 unspecified atom stereocenters. The van der Waals surface area contributed by atoms with E-state index in [9.17, 15) is 8.78 Å². The molecule has 0 fully saturated rings. The standard InChI is InChI=1S/C13H15F2N3/c1-9(2)18-4-3-12(17-18)8-16-13-6-10(14)5-11(15)7-13/h3-7,9,16H,8H2,1-2H3. The molecule has 0 aliphatic rings. The number of hydrogen-bond donors (Lipinski definition) is 1. The highest BCUT2D eigenvalue weighted by molar-refractivity contribution is 5.43.